The predicted molar refractivity (Wildman–Crippen MR) is 118 cm³/mol. The van der Waals surface area contributed by atoms with Crippen molar-refractivity contribution in [2.45, 2.75) is 24.2 Å². The van der Waals surface area contributed by atoms with Crippen molar-refractivity contribution in [2.24, 2.45) is 0 Å². The first-order valence-electron chi connectivity index (χ1n) is 9.54. The van der Waals surface area contributed by atoms with Gasteiger partial charge in [0.1, 0.15) is 6.61 Å². The van der Waals surface area contributed by atoms with Crippen molar-refractivity contribution in [3.05, 3.63) is 102 Å². The first-order chi connectivity index (χ1) is 14.3. The van der Waals surface area contributed by atoms with E-state index in [2.05, 4.69) is 29.7 Å². The van der Waals surface area contributed by atoms with E-state index in [4.69, 9.17) is 4.18 Å². The second-order valence-corrected chi connectivity index (χ2v) is 7.47. The quantitative estimate of drug-likeness (QED) is 0.424. The molecule has 3 aromatic carbocycles. The molecule has 0 aliphatic rings. The van der Waals surface area contributed by atoms with E-state index in [-0.39, 0.29) is 6.61 Å². The molecule has 1 unspecified atom stereocenters. The molecule has 0 N–H and O–H groups in total. The summed E-state index contributed by atoms with van der Waals surface area (Å²) in [4.78, 5) is 0.645. The minimum atomic E-state index is -1.49. The molecule has 0 aliphatic heterocycles. The van der Waals surface area contributed by atoms with Crippen molar-refractivity contribution in [1.82, 2.24) is 0 Å². The summed E-state index contributed by atoms with van der Waals surface area (Å²) in [5, 5.41) is 0. The minimum absolute atomic E-state index is 0.123. The van der Waals surface area contributed by atoms with Gasteiger partial charge in [-0.05, 0) is 48.7 Å². The van der Waals surface area contributed by atoms with Crippen LogP contribution in [0.2, 0.25) is 0 Å². The van der Waals surface area contributed by atoms with E-state index >= 15 is 0 Å². The summed E-state index contributed by atoms with van der Waals surface area (Å²) in [6.45, 7) is 0.123. The molecule has 0 saturated carbocycles. The van der Waals surface area contributed by atoms with E-state index in [0.29, 0.717) is 4.90 Å². The van der Waals surface area contributed by atoms with E-state index in [0.717, 1.165) is 30.4 Å². The van der Waals surface area contributed by atoms with Gasteiger partial charge >= 0.3 is 0 Å². The molecular weight excluding hydrogens is 376 g/mol. The Morgan fingerprint density at radius 3 is 2.24 bits per heavy atom. The zero-order chi connectivity index (χ0) is 20.2. The van der Waals surface area contributed by atoms with Gasteiger partial charge in [0.15, 0.2) is 11.1 Å². The van der Waals surface area contributed by atoms with Gasteiger partial charge in [0, 0.05) is 17.5 Å². The number of unbranched alkanes of at least 4 members (excludes halogenated alkanes) is 1. The molecule has 0 radical (unpaired) electrons. The van der Waals surface area contributed by atoms with Crippen molar-refractivity contribution in [1.29, 1.82) is 0 Å². The zero-order valence-corrected chi connectivity index (χ0v) is 17.0. The Kier molecular flexibility index (Phi) is 8.30. The van der Waals surface area contributed by atoms with Crippen LogP contribution in [0.3, 0.4) is 0 Å². The third-order valence-electron chi connectivity index (χ3n) is 4.17. The van der Waals surface area contributed by atoms with Crippen LogP contribution < -0.4 is 0 Å². The molecule has 0 saturated heterocycles. The fourth-order valence-corrected chi connectivity index (χ4v) is 3.41. The Morgan fingerprint density at radius 1 is 0.759 bits per heavy atom. The third-order valence-corrected chi connectivity index (χ3v) is 5.16. The molecule has 3 heteroatoms. The first kappa shape index (κ1) is 20.6. The molecule has 29 heavy (non-hydrogen) atoms. The van der Waals surface area contributed by atoms with Gasteiger partial charge in [0.05, 0.1) is 4.90 Å². The summed E-state index contributed by atoms with van der Waals surface area (Å²) in [5.41, 5.74) is 3.23. The smallest absolute Gasteiger partial charge is 0.190 e. The van der Waals surface area contributed by atoms with Gasteiger partial charge in [-0.2, -0.15) is 0 Å². The molecule has 0 spiro atoms. The molecule has 1 atom stereocenters. The normalized spacial score (nSPS) is 10.9. The van der Waals surface area contributed by atoms with Gasteiger partial charge in [-0.25, -0.2) is 4.21 Å². The van der Waals surface area contributed by atoms with E-state index in [1.54, 1.807) is 12.1 Å². The SMILES string of the molecule is O=S(OCC#Cc1ccccc1CCCC#Cc1ccccc1)c1ccccc1. The van der Waals surface area contributed by atoms with Crippen LogP contribution in [0, 0.1) is 23.7 Å². The minimum Gasteiger partial charge on any atom is -0.274 e. The topological polar surface area (TPSA) is 26.3 Å². The lowest BCUT2D eigenvalue weighted by atomic mass is 10.0. The standard InChI is InChI=1S/C26H22O2S/c27-29(26-20-8-3-9-21-26)28-22-12-19-25-18-11-10-17-24(25)16-7-2-6-15-23-13-4-1-5-14-23/h1,3-5,8-11,13-14,17-18,20-21H,2,7,16,22H2. The highest BCUT2D eigenvalue weighted by atomic mass is 32.2. The number of benzene rings is 3. The number of hydrogen-bond donors (Lipinski definition) is 0. The van der Waals surface area contributed by atoms with Crippen molar-refractivity contribution in [3.63, 3.8) is 0 Å². The predicted octanol–water partition coefficient (Wildman–Crippen LogP) is 5.15. The molecule has 3 rings (SSSR count). The molecule has 0 bridgehead atoms. The van der Waals surface area contributed by atoms with Gasteiger partial charge in [-0.15, -0.1) is 0 Å². The van der Waals surface area contributed by atoms with E-state index < -0.39 is 11.1 Å². The van der Waals surface area contributed by atoms with Crippen LogP contribution in [0.1, 0.15) is 29.5 Å². The Labute approximate surface area is 175 Å². The Balaban J connectivity index is 1.50. The van der Waals surface area contributed by atoms with Crippen molar-refractivity contribution >= 4 is 11.1 Å². The summed E-state index contributed by atoms with van der Waals surface area (Å²) in [6.07, 6.45) is 2.74. The van der Waals surface area contributed by atoms with Gasteiger partial charge in [-0.1, -0.05) is 78.3 Å². The molecule has 144 valence electrons. The van der Waals surface area contributed by atoms with Gasteiger partial charge in [0.25, 0.3) is 0 Å². The van der Waals surface area contributed by atoms with Crippen molar-refractivity contribution in [2.75, 3.05) is 6.61 Å². The van der Waals surface area contributed by atoms with Crippen LogP contribution in [0.25, 0.3) is 0 Å². The Morgan fingerprint density at radius 2 is 1.45 bits per heavy atom. The fourth-order valence-electron chi connectivity index (χ4n) is 2.73. The molecule has 0 aromatic heterocycles. The van der Waals surface area contributed by atoms with E-state index in [1.165, 1.54) is 5.56 Å². The second-order valence-electron chi connectivity index (χ2n) is 6.29. The molecule has 3 aromatic rings. The summed E-state index contributed by atoms with van der Waals surface area (Å²) in [7, 11) is 0. The average molecular weight is 399 g/mol. The molecule has 0 amide bonds. The molecule has 0 fully saturated rings. The van der Waals surface area contributed by atoms with Gasteiger partial charge < -0.3 is 0 Å². The zero-order valence-electron chi connectivity index (χ0n) is 16.1. The Bertz CT molecular complexity index is 1050. The fraction of sp³-hybridized carbons (Fsp3) is 0.154. The maximum absolute atomic E-state index is 12.0. The maximum Gasteiger partial charge on any atom is 0.190 e. The molecule has 0 heterocycles. The van der Waals surface area contributed by atoms with Crippen molar-refractivity contribution < 1.29 is 8.39 Å². The highest BCUT2D eigenvalue weighted by molar-refractivity contribution is 7.80. The molecule has 2 nitrogen and oxygen atoms in total. The van der Waals surface area contributed by atoms with Crippen LogP contribution in [-0.2, 0) is 21.7 Å². The van der Waals surface area contributed by atoms with Crippen LogP contribution in [0.4, 0.5) is 0 Å². The van der Waals surface area contributed by atoms with Crippen LogP contribution in [0.15, 0.2) is 89.8 Å². The molecule has 0 aliphatic carbocycles. The van der Waals surface area contributed by atoms with E-state index in [1.807, 2.05) is 66.7 Å². The number of rotatable bonds is 6. The van der Waals surface area contributed by atoms with Crippen LogP contribution >= 0.6 is 0 Å². The van der Waals surface area contributed by atoms with Crippen LogP contribution in [-0.4, -0.2) is 10.8 Å². The maximum atomic E-state index is 12.0. The lowest BCUT2D eigenvalue weighted by Gasteiger charge is -2.03. The molecular formula is C26H22O2S. The van der Waals surface area contributed by atoms with Crippen molar-refractivity contribution in [3.8, 4) is 23.7 Å². The van der Waals surface area contributed by atoms with Crippen LogP contribution in [0.5, 0.6) is 0 Å². The first-order valence-corrected chi connectivity index (χ1v) is 10.6. The van der Waals surface area contributed by atoms with Gasteiger partial charge in [-0.3, -0.25) is 4.18 Å². The summed E-state index contributed by atoms with van der Waals surface area (Å²) >= 11 is -1.49. The van der Waals surface area contributed by atoms with E-state index in [9.17, 15) is 4.21 Å². The Hall–Kier alpha value is -3.11. The second kappa shape index (κ2) is 11.7. The highest BCUT2D eigenvalue weighted by Crippen LogP contribution is 2.11. The average Bonchev–Trinajstić information content (AvgIpc) is 2.78. The third kappa shape index (κ3) is 7.09. The summed E-state index contributed by atoms with van der Waals surface area (Å²) in [5.74, 6) is 12.5. The highest BCUT2D eigenvalue weighted by Gasteiger charge is 2.02. The monoisotopic (exact) mass is 398 g/mol. The number of aryl methyl sites for hydroxylation is 1. The summed E-state index contributed by atoms with van der Waals surface area (Å²) in [6, 6.07) is 27.2. The van der Waals surface area contributed by atoms with Gasteiger partial charge in [0.2, 0.25) is 0 Å². The largest absolute Gasteiger partial charge is 0.274 e. The summed E-state index contributed by atoms with van der Waals surface area (Å²) < 4.78 is 17.4. The lowest BCUT2D eigenvalue weighted by Crippen LogP contribution is -1.98. The number of hydrogen-bond acceptors (Lipinski definition) is 2. The lowest BCUT2D eigenvalue weighted by molar-refractivity contribution is 0.402.